The van der Waals surface area contributed by atoms with E-state index in [4.69, 9.17) is 9.68 Å². The highest BCUT2D eigenvalue weighted by Crippen LogP contribution is 2.33. The van der Waals surface area contributed by atoms with Crippen LogP contribution in [0.2, 0.25) is 0 Å². The van der Waals surface area contributed by atoms with Crippen LogP contribution in [-0.4, -0.2) is 27.8 Å². The first-order chi connectivity index (χ1) is 11.7. The van der Waals surface area contributed by atoms with Gasteiger partial charge in [-0.3, -0.25) is 4.79 Å². The van der Waals surface area contributed by atoms with Crippen molar-refractivity contribution in [3.05, 3.63) is 59.7 Å². The topological polar surface area (TPSA) is 83.0 Å². The standard InChI is InChI=1S/C18H12N4O2/c1-22-9-12-3-2-11(6-15(12)18(22)23)17-14(16-8-20-10-24-16)5-4-13(7-19)21-17/h2-6,8,10H,9H2,1H3. The quantitative estimate of drug-likeness (QED) is 0.726. The van der Waals surface area contributed by atoms with Gasteiger partial charge in [-0.15, -0.1) is 0 Å². The second-order valence-electron chi connectivity index (χ2n) is 5.60. The van der Waals surface area contributed by atoms with Crippen LogP contribution in [0.15, 0.2) is 47.3 Å². The minimum absolute atomic E-state index is 0.00972. The lowest BCUT2D eigenvalue weighted by Crippen LogP contribution is -2.17. The van der Waals surface area contributed by atoms with E-state index in [0.717, 1.165) is 16.7 Å². The number of carbonyl (C=O) groups excluding carboxylic acids is 1. The Bertz CT molecular complexity index is 987. The van der Waals surface area contributed by atoms with E-state index < -0.39 is 0 Å². The average molecular weight is 316 g/mol. The summed E-state index contributed by atoms with van der Waals surface area (Å²) in [7, 11) is 1.77. The Morgan fingerprint density at radius 1 is 1.25 bits per heavy atom. The lowest BCUT2D eigenvalue weighted by Gasteiger charge is -2.08. The number of oxazole rings is 1. The van der Waals surface area contributed by atoms with Crippen LogP contribution in [0.3, 0.4) is 0 Å². The molecule has 0 atom stereocenters. The summed E-state index contributed by atoms with van der Waals surface area (Å²) >= 11 is 0. The summed E-state index contributed by atoms with van der Waals surface area (Å²) < 4.78 is 5.38. The molecule has 1 amide bonds. The highest BCUT2D eigenvalue weighted by molar-refractivity contribution is 5.99. The van der Waals surface area contributed by atoms with Crippen LogP contribution in [0.25, 0.3) is 22.6 Å². The van der Waals surface area contributed by atoms with Crippen molar-refractivity contribution in [2.45, 2.75) is 6.54 Å². The summed E-state index contributed by atoms with van der Waals surface area (Å²) in [6.45, 7) is 0.606. The molecule has 3 heterocycles. The number of aromatic nitrogens is 2. The summed E-state index contributed by atoms with van der Waals surface area (Å²) in [4.78, 5) is 22.3. The molecular formula is C18H12N4O2. The molecule has 0 saturated heterocycles. The number of fused-ring (bicyclic) bond motifs is 1. The number of nitriles is 1. The second-order valence-corrected chi connectivity index (χ2v) is 5.60. The fourth-order valence-corrected chi connectivity index (χ4v) is 2.88. The molecule has 116 valence electrons. The second kappa shape index (κ2) is 5.32. The van der Waals surface area contributed by atoms with Gasteiger partial charge in [0.15, 0.2) is 12.2 Å². The average Bonchev–Trinajstić information content (AvgIpc) is 3.23. The van der Waals surface area contributed by atoms with Gasteiger partial charge in [0.1, 0.15) is 11.8 Å². The van der Waals surface area contributed by atoms with E-state index in [2.05, 4.69) is 9.97 Å². The molecule has 3 aromatic rings. The number of hydrogen-bond donors (Lipinski definition) is 0. The van der Waals surface area contributed by atoms with Crippen LogP contribution in [0.1, 0.15) is 21.6 Å². The molecule has 24 heavy (non-hydrogen) atoms. The SMILES string of the molecule is CN1Cc2ccc(-c3nc(C#N)ccc3-c3cnco3)cc2C1=O. The van der Waals surface area contributed by atoms with Crippen LogP contribution in [0.4, 0.5) is 0 Å². The summed E-state index contributed by atoms with van der Waals surface area (Å²) in [5, 5.41) is 9.15. The van der Waals surface area contributed by atoms with E-state index >= 15 is 0 Å². The van der Waals surface area contributed by atoms with Crippen LogP contribution >= 0.6 is 0 Å². The van der Waals surface area contributed by atoms with Crippen LogP contribution in [-0.2, 0) is 6.54 Å². The molecule has 0 N–H and O–H groups in total. The molecule has 0 radical (unpaired) electrons. The maximum absolute atomic E-state index is 12.2. The third-order valence-electron chi connectivity index (χ3n) is 4.08. The number of amides is 1. The Morgan fingerprint density at radius 3 is 2.88 bits per heavy atom. The lowest BCUT2D eigenvalue weighted by molar-refractivity contribution is 0.0816. The maximum atomic E-state index is 12.2. The molecule has 0 spiro atoms. The zero-order valence-corrected chi connectivity index (χ0v) is 12.9. The van der Waals surface area contributed by atoms with Crippen molar-refractivity contribution in [1.29, 1.82) is 5.26 Å². The Morgan fingerprint density at radius 2 is 2.12 bits per heavy atom. The van der Waals surface area contributed by atoms with Gasteiger partial charge < -0.3 is 9.32 Å². The van der Waals surface area contributed by atoms with Gasteiger partial charge in [0, 0.05) is 30.3 Å². The highest BCUT2D eigenvalue weighted by atomic mass is 16.3. The Labute approximate surface area is 138 Å². The summed E-state index contributed by atoms with van der Waals surface area (Å²) in [6.07, 6.45) is 2.94. The first kappa shape index (κ1) is 14.2. The Hall–Kier alpha value is -3.46. The summed E-state index contributed by atoms with van der Waals surface area (Å²) in [5.41, 5.74) is 4.05. The van der Waals surface area contributed by atoms with E-state index in [1.54, 1.807) is 30.3 Å². The van der Waals surface area contributed by atoms with Gasteiger partial charge in [-0.05, 0) is 23.8 Å². The summed E-state index contributed by atoms with van der Waals surface area (Å²) in [5.74, 6) is 0.551. The number of nitrogens with zero attached hydrogens (tertiary/aromatic N) is 4. The minimum atomic E-state index is -0.00972. The Kier molecular flexibility index (Phi) is 3.14. The van der Waals surface area contributed by atoms with Crippen molar-refractivity contribution in [1.82, 2.24) is 14.9 Å². The van der Waals surface area contributed by atoms with Crippen molar-refractivity contribution < 1.29 is 9.21 Å². The van der Waals surface area contributed by atoms with Crippen LogP contribution in [0, 0.1) is 11.3 Å². The predicted molar refractivity (Wildman–Crippen MR) is 85.7 cm³/mol. The molecule has 1 aromatic carbocycles. The normalized spacial score (nSPS) is 13.0. The third-order valence-corrected chi connectivity index (χ3v) is 4.08. The zero-order valence-electron chi connectivity index (χ0n) is 12.9. The molecule has 6 nitrogen and oxygen atoms in total. The van der Waals surface area contributed by atoms with E-state index in [1.165, 1.54) is 6.39 Å². The molecule has 0 bridgehead atoms. The first-order valence-corrected chi connectivity index (χ1v) is 7.36. The summed E-state index contributed by atoms with van der Waals surface area (Å²) in [6, 6.07) is 11.1. The van der Waals surface area contributed by atoms with Gasteiger partial charge in [0.25, 0.3) is 5.91 Å². The zero-order chi connectivity index (χ0) is 16.7. The fraction of sp³-hybridized carbons (Fsp3) is 0.111. The Balaban J connectivity index is 1.91. The monoisotopic (exact) mass is 316 g/mol. The largest absolute Gasteiger partial charge is 0.443 e. The van der Waals surface area contributed by atoms with Gasteiger partial charge >= 0.3 is 0 Å². The molecule has 0 fully saturated rings. The minimum Gasteiger partial charge on any atom is -0.443 e. The molecule has 4 rings (SSSR count). The predicted octanol–water partition coefficient (Wildman–Crippen LogP) is 2.86. The van der Waals surface area contributed by atoms with E-state index in [-0.39, 0.29) is 5.91 Å². The van der Waals surface area contributed by atoms with Gasteiger partial charge in [-0.1, -0.05) is 12.1 Å². The highest BCUT2D eigenvalue weighted by Gasteiger charge is 2.25. The third kappa shape index (κ3) is 2.15. The number of benzene rings is 1. The van der Waals surface area contributed by atoms with Crippen molar-refractivity contribution in [2.75, 3.05) is 7.05 Å². The number of carbonyl (C=O) groups is 1. The molecular weight excluding hydrogens is 304 g/mol. The number of pyridine rings is 1. The van der Waals surface area contributed by atoms with Gasteiger partial charge in [-0.2, -0.15) is 5.26 Å². The molecule has 0 unspecified atom stereocenters. The first-order valence-electron chi connectivity index (χ1n) is 7.36. The van der Waals surface area contributed by atoms with Crippen molar-refractivity contribution in [3.8, 4) is 28.7 Å². The molecule has 6 heteroatoms. The van der Waals surface area contributed by atoms with E-state index in [0.29, 0.717) is 29.3 Å². The lowest BCUT2D eigenvalue weighted by atomic mass is 9.99. The molecule has 0 aliphatic carbocycles. The van der Waals surface area contributed by atoms with E-state index in [1.807, 2.05) is 24.3 Å². The number of rotatable bonds is 2. The molecule has 1 aliphatic heterocycles. The molecule has 1 aliphatic rings. The fourth-order valence-electron chi connectivity index (χ4n) is 2.88. The van der Waals surface area contributed by atoms with Crippen molar-refractivity contribution >= 4 is 5.91 Å². The van der Waals surface area contributed by atoms with Crippen molar-refractivity contribution in [2.24, 2.45) is 0 Å². The van der Waals surface area contributed by atoms with E-state index in [9.17, 15) is 4.79 Å². The smallest absolute Gasteiger partial charge is 0.254 e. The van der Waals surface area contributed by atoms with Crippen LogP contribution in [0.5, 0.6) is 0 Å². The van der Waals surface area contributed by atoms with Gasteiger partial charge in [0.05, 0.1) is 11.9 Å². The van der Waals surface area contributed by atoms with Gasteiger partial charge in [0.2, 0.25) is 0 Å². The molecule has 2 aromatic heterocycles. The van der Waals surface area contributed by atoms with Crippen molar-refractivity contribution in [3.63, 3.8) is 0 Å². The number of hydrogen-bond acceptors (Lipinski definition) is 5. The maximum Gasteiger partial charge on any atom is 0.254 e. The molecule has 0 saturated carbocycles. The van der Waals surface area contributed by atoms with Gasteiger partial charge in [-0.25, -0.2) is 9.97 Å². The van der Waals surface area contributed by atoms with Crippen LogP contribution < -0.4 is 0 Å².